The number of benzene rings is 2. The van der Waals surface area contributed by atoms with Gasteiger partial charge in [0.1, 0.15) is 13.2 Å². The van der Waals surface area contributed by atoms with E-state index in [9.17, 15) is 4.57 Å². The molecule has 0 amide bonds. The molecule has 0 fully saturated rings. The van der Waals surface area contributed by atoms with E-state index in [2.05, 4.69) is 0 Å². The minimum Gasteiger partial charge on any atom is -0.114 e. The molecule has 0 saturated heterocycles. The summed E-state index contributed by atoms with van der Waals surface area (Å²) in [7, 11) is -2.08. The van der Waals surface area contributed by atoms with Crippen LogP contribution in [0.1, 0.15) is 11.1 Å². The topological polar surface area (TPSA) is 35.5 Å². The molecule has 3 nitrogen and oxygen atoms in total. The van der Waals surface area contributed by atoms with Gasteiger partial charge in [0, 0.05) is 4.57 Å². The van der Waals surface area contributed by atoms with Crippen LogP contribution in [0.4, 0.5) is 0 Å². The quantitative estimate of drug-likeness (QED) is 0.736. The molecule has 0 N–H and O–H groups in total. The third-order valence-electron chi connectivity index (χ3n) is 2.36. The summed E-state index contributed by atoms with van der Waals surface area (Å²) in [6.07, 6.45) is 0. The Hall–Kier alpha value is -1.54. The Morgan fingerprint density at radius 2 is 1.11 bits per heavy atom. The fraction of sp³-hybridized carbons (Fsp3) is 0.143. The van der Waals surface area contributed by atoms with E-state index in [-0.39, 0.29) is 0 Å². The van der Waals surface area contributed by atoms with Crippen LogP contribution in [-0.4, -0.2) is 0 Å². The lowest BCUT2D eigenvalue weighted by Crippen LogP contribution is -1.89. The number of rotatable bonds is 6. The van der Waals surface area contributed by atoms with Crippen molar-refractivity contribution < 1.29 is 13.6 Å². The van der Waals surface area contributed by atoms with Gasteiger partial charge in [0.15, 0.2) is 0 Å². The summed E-state index contributed by atoms with van der Waals surface area (Å²) in [4.78, 5) is 0. The van der Waals surface area contributed by atoms with Crippen molar-refractivity contribution >= 4 is 8.25 Å². The Labute approximate surface area is 107 Å². The second kappa shape index (κ2) is 7.02. The SMILES string of the molecule is O=[32P+](OCc1ccccc1)OCc1ccccc1. The molecule has 0 aliphatic carbocycles. The van der Waals surface area contributed by atoms with Gasteiger partial charge in [0.2, 0.25) is 0 Å². The van der Waals surface area contributed by atoms with E-state index < -0.39 is 8.25 Å². The summed E-state index contributed by atoms with van der Waals surface area (Å²) < 4.78 is 21.8. The molecular weight excluding hydrogens is 248 g/mol. The fourth-order valence-corrected chi connectivity index (χ4v) is 2.02. The first-order chi connectivity index (χ1) is 8.84. The summed E-state index contributed by atoms with van der Waals surface area (Å²) in [5.41, 5.74) is 1.95. The molecular formula is C14H14O3P+. The highest BCUT2D eigenvalue weighted by atomic mass is 32.1. The number of hydrogen-bond acceptors (Lipinski definition) is 3. The standard InChI is InChI=1S/C14H14O3P/c15-18(16-11-13-7-3-1-4-8-13)17-12-14-9-5-2-6-10-14/h1-10H,11-12H2/q+1/i18+1. The number of hydrogen-bond donors (Lipinski definition) is 0. The summed E-state index contributed by atoms with van der Waals surface area (Å²) in [6.45, 7) is 0.593. The van der Waals surface area contributed by atoms with Crippen molar-refractivity contribution in [1.29, 1.82) is 0 Å². The van der Waals surface area contributed by atoms with E-state index in [1.54, 1.807) is 0 Å². The van der Waals surface area contributed by atoms with Gasteiger partial charge in [0.25, 0.3) is 0 Å². The highest BCUT2D eigenvalue weighted by Crippen LogP contribution is 2.27. The molecule has 0 radical (unpaired) electrons. The van der Waals surface area contributed by atoms with Crippen molar-refractivity contribution in [3.05, 3.63) is 71.8 Å². The maximum atomic E-state index is 11.5. The van der Waals surface area contributed by atoms with Crippen molar-refractivity contribution in [2.24, 2.45) is 0 Å². The zero-order chi connectivity index (χ0) is 12.6. The zero-order valence-electron chi connectivity index (χ0n) is 9.86. The molecule has 0 aromatic heterocycles. The molecule has 4 heteroatoms. The van der Waals surface area contributed by atoms with Crippen molar-refractivity contribution in [2.45, 2.75) is 13.2 Å². The van der Waals surface area contributed by atoms with Gasteiger partial charge in [-0.25, -0.2) is 0 Å². The van der Waals surface area contributed by atoms with Crippen molar-refractivity contribution in [1.82, 2.24) is 0 Å². The molecule has 2 aromatic carbocycles. The molecule has 92 valence electrons. The van der Waals surface area contributed by atoms with Crippen molar-refractivity contribution in [2.75, 3.05) is 0 Å². The van der Waals surface area contributed by atoms with Crippen molar-refractivity contribution in [3.8, 4) is 0 Å². The van der Waals surface area contributed by atoms with Gasteiger partial charge in [-0.3, -0.25) is 0 Å². The van der Waals surface area contributed by atoms with E-state index >= 15 is 0 Å². The molecule has 2 aromatic rings. The van der Waals surface area contributed by atoms with E-state index in [1.807, 2.05) is 60.7 Å². The van der Waals surface area contributed by atoms with Crippen LogP contribution in [0.25, 0.3) is 0 Å². The van der Waals surface area contributed by atoms with E-state index in [4.69, 9.17) is 9.05 Å². The molecule has 0 spiro atoms. The fourth-order valence-electron chi connectivity index (χ4n) is 1.44. The molecule has 0 bridgehead atoms. The van der Waals surface area contributed by atoms with Crippen molar-refractivity contribution in [3.63, 3.8) is 0 Å². The highest BCUT2D eigenvalue weighted by molar-refractivity contribution is 7.33. The Morgan fingerprint density at radius 3 is 1.50 bits per heavy atom. The Balaban J connectivity index is 1.73. The van der Waals surface area contributed by atoms with Gasteiger partial charge in [-0.15, -0.1) is 9.05 Å². The second-order valence-electron chi connectivity index (χ2n) is 3.74. The lowest BCUT2D eigenvalue weighted by molar-refractivity contribution is 0.213. The lowest BCUT2D eigenvalue weighted by atomic mass is 10.2. The van der Waals surface area contributed by atoms with E-state index in [0.29, 0.717) is 13.2 Å². The van der Waals surface area contributed by atoms with Crippen LogP contribution >= 0.6 is 8.25 Å². The molecule has 0 atom stereocenters. The van der Waals surface area contributed by atoms with Gasteiger partial charge in [-0.2, -0.15) is 0 Å². The first kappa shape index (κ1) is 12.9. The van der Waals surface area contributed by atoms with Gasteiger partial charge >= 0.3 is 8.25 Å². The van der Waals surface area contributed by atoms with Crippen LogP contribution in [0, 0.1) is 0 Å². The molecule has 2 rings (SSSR count). The van der Waals surface area contributed by atoms with Crippen LogP contribution in [-0.2, 0) is 26.8 Å². The largest absolute Gasteiger partial charge is 0.698 e. The molecule has 0 heterocycles. The average Bonchev–Trinajstić information content (AvgIpc) is 2.45. The second-order valence-corrected chi connectivity index (χ2v) is 4.71. The predicted molar refractivity (Wildman–Crippen MR) is 70.1 cm³/mol. The lowest BCUT2D eigenvalue weighted by Gasteiger charge is -1.95. The van der Waals surface area contributed by atoms with Gasteiger partial charge < -0.3 is 0 Å². The average molecular weight is 262 g/mol. The highest BCUT2D eigenvalue weighted by Gasteiger charge is 2.20. The van der Waals surface area contributed by atoms with Gasteiger partial charge in [0.05, 0.1) is 0 Å². The third kappa shape index (κ3) is 4.38. The normalized spacial score (nSPS) is 10.2. The van der Waals surface area contributed by atoms with E-state index in [0.717, 1.165) is 11.1 Å². The zero-order valence-corrected chi connectivity index (χ0v) is 10.8. The predicted octanol–water partition coefficient (Wildman–Crippen LogP) is 4.08. The summed E-state index contributed by atoms with van der Waals surface area (Å²) >= 11 is 0. The maximum Gasteiger partial charge on any atom is 0.698 e. The Bertz CT molecular complexity index is 439. The van der Waals surface area contributed by atoms with Gasteiger partial charge in [-0.1, -0.05) is 60.7 Å². The van der Waals surface area contributed by atoms with Crippen LogP contribution in [0.15, 0.2) is 60.7 Å². The van der Waals surface area contributed by atoms with Crippen LogP contribution in [0.5, 0.6) is 0 Å². The minimum absolute atomic E-state index is 0.296. The molecule has 0 unspecified atom stereocenters. The minimum atomic E-state index is -2.08. The summed E-state index contributed by atoms with van der Waals surface area (Å²) in [6, 6.07) is 19.2. The van der Waals surface area contributed by atoms with Crippen LogP contribution in [0.2, 0.25) is 0 Å². The molecule has 0 saturated carbocycles. The first-order valence-corrected chi connectivity index (χ1v) is 6.75. The van der Waals surface area contributed by atoms with Crippen LogP contribution < -0.4 is 0 Å². The smallest absolute Gasteiger partial charge is 0.114 e. The van der Waals surface area contributed by atoms with E-state index in [1.165, 1.54) is 0 Å². The van der Waals surface area contributed by atoms with Crippen LogP contribution in [0.3, 0.4) is 0 Å². The summed E-state index contributed by atoms with van der Waals surface area (Å²) in [5.74, 6) is 0. The maximum absolute atomic E-state index is 11.5. The summed E-state index contributed by atoms with van der Waals surface area (Å²) in [5, 5.41) is 0. The molecule has 18 heavy (non-hydrogen) atoms. The Morgan fingerprint density at radius 1 is 0.722 bits per heavy atom. The monoisotopic (exact) mass is 262 g/mol. The Kier molecular flexibility index (Phi) is 5.03. The first-order valence-electron chi connectivity index (χ1n) is 5.65. The molecule has 0 aliphatic rings. The molecule has 0 aliphatic heterocycles. The third-order valence-corrected chi connectivity index (χ3v) is 3.04. The van der Waals surface area contributed by atoms with Gasteiger partial charge in [-0.05, 0) is 11.1 Å².